The van der Waals surface area contributed by atoms with E-state index in [1.165, 1.54) is 12.1 Å². The molecule has 1 amide bonds. The number of ether oxygens (including phenoxy) is 1. The largest absolute Gasteiger partial charge is 0.450 e. The number of carbonyl (C=O) groups excluding carboxylic acids is 1. The number of hydrogen-bond donors (Lipinski definition) is 2. The van der Waals surface area contributed by atoms with E-state index in [0.29, 0.717) is 50.3 Å². The van der Waals surface area contributed by atoms with Crippen LogP contribution in [-0.2, 0) is 14.8 Å². The summed E-state index contributed by atoms with van der Waals surface area (Å²) in [6.45, 7) is 7.57. The van der Waals surface area contributed by atoms with E-state index < -0.39 is 10.0 Å². The Balaban J connectivity index is 1.89. The molecule has 0 unspecified atom stereocenters. The lowest BCUT2D eigenvalue weighted by Gasteiger charge is -2.35. The van der Waals surface area contributed by atoms with Gasteiger partial charge in [0.2, 0.25) is 10.0 Å². The molecule has 2 N–H and O–H groups in total. The maximum absolute atomic E-state index is 12.3. The lowest BCUT2D eigenvalue weighted by molar-refractivity contribution is 0.0914. The van der Waals surface area contributed by atoms with Crippen molar-refractivity contribution < 1.29 is 17.9 Å². The summed E-state index contributed by atoms with van der Waals surface area (Å²) in [7, 11) is -3.64. The Morgan fingerprint density at radius 2 is 1.90 bits per heavy atom. The topological polar surface area (TPSA) is 103 Å². The summed E-state index contributed by atoms with van der Waals surface area (Å²) in [6.07, 6.45) is -0.301. The fourth-order valence-corrected chi connectivity index (χ4v) is 4.12. The predicted octanol–water partition coefficient (Wildman–Crippen LogP) is 1.36. The highest BCUT2D eigenvalue weighted by atomic mass is 35.5. The lowest BCUT2D eigenvalue weighted by atomic mass is 10.3. The van der Waals surface area contributed by atoms with Gasteiger partial charge in [0, 0.05) is 44.3 Å². The van der Waals surface area contributed by atoms with Crippen molar-refractivity contribution in [3.63, 3.8) is 0 Å². The number of guanidine groups is 1. The molecule has 1 aliphatic heterocycles. The monoisotopic (exact) mass is 445 g/mol. The second-order valence-corrected chi connectivity index (χ2v) is 8.47. The fraction of sp³-hybridized carbons (Fsp3) is 0.556. The Kier molecular flexibility index (Phi) is 8.99. The maximum atomic E-state index is 12.3. The summed E-state index contributed by atoms with van der Waals surface area (Å²) in [4.78, 5) is 20.1. The van der Waals surface area contributed by atoms with Gasteiger partial charge in [0.05, 0.1) is 18.0 Å². The van der Waals surface area contributed by atoms with Gasteiger partial charge in [-0.2, -0.15) is 0 Å². The zero-order chi connectivity index (χ0) is 21.3. The molecule has 0 spiro atoms. The van der Waals surface area contributed by atoms with E-state index >= 15 is 0 Å². The van der Waals surface area contributed by atoms with Gasteiger partial charge in [-0.25, -0.2) is 17.9 Å². The van der Waals surface area contributed by atoms with Crippen molar-refractivity contribution in [1.82, 2.24) is 19.8 Å². The number of nitrogens with zero attached hydrogens (tertiary/aromatic N) is 3. The van der Waals surface area contributed by atoms with Gasteiger partial charge < -0.3 is 19.9 Å². The number of carbonyl (C=O) groups is 1. The summed E-state index contributed by atoms with van der Waals surface area (Å²) in [5.74, 6) is 0.693. The molecule has 29 heavy (non-hydrogen) atoms. The highest BCUT2D eigenvalue weighted by molar-refractivity contribution is 7.89. The molecule has 0 bridgehead atoms. The predicted molar refractivity (Wildman–Crippen MR) is 113 cm³/mol. The van der Waals surface area contributed by atoms with Crippen LogP contribution in [0, 0.1) is 0 Å². The minimum atomic E-state index is -3.64. The van der Waals surface area contributed by atoms with E-state index in [1.807, 2.05) is 11.8 Å². The molecule has 2 rings (SSSR count). The molecule has 1 aromatic rings. The number of amides is 1. The normalized spacial score (nSPS) is 15.3. The fourth-order valence-electron chi connectivity index (χ4n) is 2.80. The smallest absolute Gasteiger partial charge is 0.409 e. The Morgan fingerprint density at radius 1 is 1.21 bits per heavy atom. The molecule has 1 heterocycles. The standard InChI is InChI=1S/C18H28ClN5O4S/c1-3-20-17(23-10-12-24(13-11-23)18(25)28-4-2)21-8-9-22-29(26,27)16-7-5-6-15(19)14-16/h5-7,14,22H,3-4,8-13H2,1-2H3,(H,20,21). The van der Waals surface area contributed by atoms with E-state index in [-0.39, 0.29) is 24.1 Å². The molecule has 0 radical (unpaired) electrons. The van der Waals surface area contributed by atoms with Crippen molar-refractivity contribution in [3.05, 3.63) is 29.3 Å². The van der Waals surface area contributed by atoms with E-state index in [1.54, 1.807) is 24.0 Å². The van der Waals surface area contributed by atoms with Crippen LogP contribution >= 0.6 is 11.6 Å². The summed E-state index contributed by atoms with van der Waals surface area (Å²) < 4.78 is 32.2. The van der Waals surface area contributed by atoms with E-state index in [4.69, 9.17) is 16.3 Å². The second kappa shape index (κ2) is 11.2. The Morgan fingerprint density at radius 3 is 2.52 bits per heavy atom. The highest BCUT2D eigenvalue weighted by Gasteiger charge is 2.23. The van der Waals surface area contributed by atoms with Crippen molar-refractivity contribution in [3.8, 4) is 0 Å². The van der Waals surface area contributed by atoms with Gasteiger partial charge in [0.15, 0.2) is 5.96 Å². The molecule has 1 aliphatic rings. The lowest BCUT2D eigenvalue weighted by Crippen LogP contribution is -2.54. The molecule has 11 heteroatoms. The zero-order valence-corrected chi connectivity index (χ0v) is 18.3. The summed E-state index contributed by atoms with van der Waals surface area (Å²) >= 11 is 5.86. The maximum Gasteiger partial charge on any atom is 0.409 e. The van der Waals surface area contributed by atoms with Gasteiger partial charge in [0.25, 0.3) is 0 Å². The van der Waals surface area contributed by atoms with Crippen LogP contribution in [0.3, 0.4) is 0 Å². The van der Waals surface area contributed by atoms with Crippen molar-refractivity contribution in [1.29, 1.82) is 0 Å². The van der Waals surface area contributed by atoms with Crippen molar-refractivity contribution in [2.45, 2.75) is 18.7 Å². The average molecular weight is 446 g/mol. The number of nitrogens with one attached hydrogen (secondary N) is 2. The van der Waals surface area contributed by atoms with Crippen molar-refractivity contribution in [2.24, 2.45) is 4.99 Å². The number of rotatable bonds is 7. The van der Waals surface area contributed by atoms with Crippen LogP contribution in [0.2, 0.25) is 5.02 Å². The third-order valence-electron chi connectivity index (χ3n) is 4.21. The molecule has 0 aromatic heterocycles. The number of halogens is 1. The first kappa shape index (κ1) is 23.2. The summed E-state index contributed by atoms with van der Waals surface area (Å²) in [5, 5.41) is 3.57. The Hall–Kier alpha value is -2.04. The Bertz CT molecular complexity index is 810. The molecule has 1 saturated heterocycles. The van der Waals surface area contributed by atoms with Gasteiger partial charge in [-0.1, -0.05) is 17.7 Å². The first-order valence-electron chi connectivity index (χ1n) is 9.57. The number of piperazine rings is 1. The first-order valence-corrected chi connectivity index (χ1v) is 11.4. The van der Waals surface area contributed by atoms with Crippen LogP contribution in [-0.4, -0.2) is 82.7 Å². The summed E-state index contributed by atoms with van der Waals surface area (Å²) in [5.41, 5.74) is 0. The minimum absolute atomic E-state index is 0.121. The number of benzene rings is 1. The Labute approximate surface area is 177 Å². The molecular weight excluding hydrogens is 418 g/mol. The van der Waals surface area contributed by atoms with Gasteiger partial charge in [-0.3, -0.25) is 4.99 Å². The average Bonchev–Trinajstić information content (AvgIpc) is 2.70. The van der Waals surface area contributed by atoms with Crippen molar-refractivity contribution in [2.75, 3.05) is 52.4 Å². The zero-order valence-electron chi connectivity index (χ0n) is 16.7. The quantitative estimate of drug-likeness (QED) is 0.373. The molecule has 9 nitrogen and oxygen atoms in total. The molecule has 1 aromatic carbocycles. The minimum Gasteiger partial charge on any atom is -0.450 e. The molecule has 1 fully saturated rings. The number of hydrogen-bond acceptors (Lipinski definition) is 5. The van der Waals surface area contributed by atoms with E-state index in [2.05, 4.69) is 15.0 Å². The van der Waals surface area contributed by atoms with Gasteiger partial charge in [-0.05, 0) is 32.0 Å². The van der Waals surface area contributed by atoms with Crippen LogP contribution in [0.1, 0.15) is 13.8 Å². The highest BCUT2D eigenvalue weighted by Crippen LogP contribution is 2.14. The van der Waals surface area contributed by atoms with Gasteiger partial charge in [-0.15, -0.1) is 0 Å². The van der Waals surface area contributed by atoms with Crippen LogP contribution in [0.15, 0.2) is 34.2 Å². The molecular formula is C18H28ClN5O4S. The van der Waals surface area contributed by atoms with Crippen LogP contribution in [0.5, 0.6) is 0 Å². The number of aliphatic imine (C=N–C) groups is 1. The van der Waals surface area contributed by atoms with Gasteiger partial charge in [0.1, 0.15) is 0 Å². The third kappa shape index (κ3) is 7.06. The molecule has 0 atom stereocenters. The van der Waals surface area contributed by atoms with Gasteiger partial charge >= 0.3 is 6.09 Å². The molecule has 0 saturated carbocycles. The number of sulfonamides is 1. The van der Waals surface area contributed by atoms with Crippen LogP contribution in [0.4, 0.5) is 4.79 Å². The van der Waals surface area contributed by atoms with E-state index in [9.17, 15) is 13.2 Å². The third-order valence-corrected chi connectivity index (χ3v) is 5.91. The SMILES string of the molecule is CCNC(=NCCNS(=O)(=O)c1cccc(Cl)c1)N1CCN(C(=O)OCC)CC1. The second-order valence-electron chi connectivity index (χ2n) is 6.26. The molecule has 162 valence electrons. The van der Waals surface area contributed by atoms with Crippen molar-refractivity contribution >= 4 is 33.7 Å². The summed E-state index contributed by atoms with van der Waals surface area (Å²) in [6, 6.07) is 6.11. The van der Waals surface area contributed by atoms with E-state index in [0.717, 1.165) is 0 Å². The van der Waals surface area contributed by atoms with Crippen LogP contribution in [0.25, 0.3) is 0 Å². The molecule has 0 aliphatic carbocycles. The first-order chi connectivity index (χ1) is 13.9. The van der Waals surface area contributed by atoms with Crippen LogP contribution < -0.4 is 10.0 Å².